The molecule has 0 saturated carbocycles. The van der Waals surface area contributed by atoms with Gasteiger partial charge in [0.2, 0.25) is 5.95 Å². The van der Waals surface area contributed by atoms with Crippen LogP contribution in [0.3, 0.4) is 0 Å². The smallest absolute Gasteiger partial charge is 0.224 e. The molecule has 0 unspecified atom stereocenters. The van der Waals surface area contributed by atoms with Gasteiger partial charge in [0.15, 0.2) is 0 Å². The van der Waals surface area contributed by atoms with Crippen LogP contribution in [-0.2, 0) is 0 Å². The van der Waals surface area contributed by atoms with Crippen molar-refractivity contribution in [3.8, 4) is 0 Å². The van der Waals surface area contributed by atoms with Crippen molar-refractivity contribution < 1.29 is 0 Å². The van der Waals surface area contributed by atoms with E-state index in [9.17, 15) is 0 Å². The second kappa shape index (κ2) is 4.89. The van der Waals surface area contributed by atoms with Gasteiger partial charge in [0, 0.05) is 25.0 Å². The summed E-state index contributed by atoms with van der Waals surface area (Å²) in [6, 6.07) is 11.7. The third kappa shape index (κ3) is 2.18. The van der Waals surface area contributed by atoms with E-state index in [1.165, 1.54) is 0 Å². The van der Waals surface area contributed by atoms with Gasteiger partial charge in [-0.2, -0.15) is 9.78 Å². The summed E-state index contributed by atoms with van der Waals surface area (Å²) in [6.45, 7) is 0. The lowest BCUT2D eigenvalue weighted by Crippen LogP contribution is -1.99. The van der Waals surface area contributed by atoms with Crippen molar-refractivity contribution in [2.24, 2.45) is 5.10 Å². The van der Waals surface area contributed by atoms with E-state index in [1.807, 2.05) is 43.4 Å². The minimum Gasteiger partial charge on any atom is -0.357 e. The highest BCUT2D eigenvalue weighted by molar-refractivity contribution is 5.82. The molecule has 0 bridgehead atoms. The first kappa shape index (κ1) is 11.4. The summed E-state index contributed by atoms with van der Waals surface area (Å²) < 4.78 is 1.78. The molecule has 5 nitrogen and oxygen atoms in total. The normalized spacial score (nSPS) is 11.2. The van der Waals surface area contributed by atoms with Crippen molar-refractivity contribution >= 4 is 23.2 Å². The van der Waals surface area contributed by atoms with Crippen molar-refractivity contribution in [2.45, 2.75) is 0 Å². The number of hydrogen-bond acceptors (Lipinski definition) is 4. The minimum atomic E-state index is 0.710. The monoisotopic (exact) mass is 251 g/mol. The molecule has 2 aromatic heterocycles. The van der Waals surface area contributed by atoms with Crippen LogP contribution in [0.25, 0.3) is 11.0 Å². The van der Waals surface area contributed by atoms with Gasteiger partial charge in [-0.15, -0.1) is 0 Å². The van der Waals surface area contributed by atoms with E-state index in [0.29, 0.717) is 5.95 Å². The molecule has 0 saturated heterocycles. The quantitative estimate of drug-likeness (QED) is 0.727. The van der Waals surface area contributed by atoms with Gasteiger partial charge in [-0.3, -0.25) is 4.98 Å². The Balaban J connectivity index is 2.07. The van der Waals surface area contributed by atoms with Crippen LogP contribution < -0.4 is 5.32 Å². The molecular weight excluding hydrogens is 238 g/mol. The lowest BCUT2D eigenvalue weighted by Gasteiger charge is -2.00. The summed E-state index contributed by atoms with van der Waals surface area (Å²) in [5.74, 6) is 0.710. The molecule has 5 heteroatoms. The van der Waals surface area contributed by atoms with Crippen LogP contribution in [0.5, 0.6) is 0 Å². The maximum atomic E-state index is 4.47. The van der Waals surface area contributed by atoms with Gasteiger partial charge in [0.05, 0.1) is 17.2 Å². The standard InChI is InChI=1S/C14H13N5/c1-15-14-18-12-6-2-3-7-13(12)19(14)17-10-11-5-4-8-16-9-11/h2-10H,1H3,(H,15,18)/b17-10-. The SMILES string of the molecule is CNc1nc2ccccc2n1/N=C\c1cccnc1. The predicted octanol–water partition coefficient (Wildman–Crippen LogP) is 2.36. The molecule has 0 spiro atoms. The van der Waals surface area contributed by atoms with Crippen molar-refractivity contribution in [1.82, 2.24) is 14.6 Å². The van der Waals surface area contributed by atoms with E-state index >= 15 is 0 Å². The van der Waals surface area contributed by atoms with E-state index in [-0.39, 0.29) is 0 Å². The van der Waals surface area contributed by atoms with Gasteiger partial charge in [0.25, 0.3) is 0 Å². The topological polar surface area (TPSA) is 55.1 Å². The molecule has 0 atom stereocenters. The second-order valence-electron chi connectivity index (χ2n) is 4.02. The number of para-hydroxylation sites is 2. The Morgan fingerprint density at radius 3 is 2.89 bits per heavy atom. The predicted molar refractivity (Wildman–Crippen MR) is 76.5 cm³/mol. The van der Waals surface area contributed by atoms with Gasteiger partial charge < -0.3 is 5.32 Å². The minimum absolute atomic E-state index is 0.710. The average molecular weight is 251 g/mol. The Morgan fingerprint density at radius 1 is 1.21 bits per heavy atom. The van der Waals surface area contributed by atoms with E-state index in [4.69, 9.17) is 0 Å². The number of pyridine rings is 1. The van der Waals surface area contributed by atoms with Gasteiger partial charge in [-0.25, -0.2) is 4.98 Å². The number of rotatable bonds is 3. The second-order valence-corrected chi connectivity index (χ2v) is 4.02. The van der Waals surface area contributed by atoms with Crippen LogP contribution in [-0.4, -0.2) is 27.9 Å². The number of hydrogen-bond donors (Lipinski definition) is 1. The summed E-state index contributed by atoms with van der Waals surface area (Å²) >= 11 is 0. The molecule has 0 aliphatic heterocycles. The fourth-order valence-corrected chi connectivity index (χ4v) is 1.87. The number of aromatic nitrogens is 3. The van der Waals surface area contributed by atoms with Crippen molar-refractivity contribution in [1.29, 1.82) is 0 Å². The zero-order valence-corrected chi connectivity index (χ0v) is 10.5. The average Bonchev–Trinajstić information content (AvgIpc) is 2.84. The van der Waals surface area contributed by atoms with Crippen LogP contribution in [0.1, 0.15) is 5.56 Å². The summed E-state index contributed by atoms with van der Waals surface area (Å²) in [4.78, 5) is 8.52. The highest BCUT2D eigenvalue weighted by Gasteiger charge is 2.07. The molecule has 94 valence electrons. The van der Waals surface area contributed by atoms with Crippen LogP contribution >= 0.6 is 0 Å². The molecule has 0 aliphatic rings. The van der Waals surface area contributed by atoms with Crippen LogP contribution in [0.4, 0.5) is 5.95 Å². The molecule has 1 aromatic carbocycles. The third-order valence-electron chi connectivity index (χ3n) is 2.77. The Labute approximate surface area is 110 Å². The number of benzene rings is 1. The summed E-state index contributed by atoms with van der Waals surface area (Å²) in [7, 11) is 1.83. The van der Waals surface area contributed by atoms with Crippen LogP contribution in [0, 0.1) is 0 Å². The molecule has 2 heterocycles. The molecule has 0 amide bonds. The molecule has 1 N–H and O–H groups in total. The molecule has 3 rings (SSSR count). The summed E-state index contributed by atoms with van der Waals surface area (Å²) in [5.41, 5.74) is 2.82. The first-order valence-corrected chi connectivity index (χ1v) is 5.98. The Kier molecular flexibility index (Phi) is 2.94. The Bertz CT molecular complexity index is 715. The number of imidazole rings is 1. The number of fused-ring (bicyclic) bond motifs is 1. The lowest BCUT2D eigenvalue weighted by molar-refractivity contribution is 0.920. The van der Waals surface area contributed by atoms with E-state index in [1.54, 1.807) is 23.3 Å². The zero-order valence-electron chi connectivity index (χ0n) is 10.5. The maximum absolute atomic E-state index is 4.47. The van der Waals surface area contributed by atoms with E-state index < -0.39 is 0 Å². The fourth-order valence-electron chi connectivity index (χ4n) is 1.87. The number of nitrogens with one attached hydrogen (secondary N) is 1. The lowest BCUT2D eigenvalue weighted by atomic mass is 10.3. The van der Waals surface area contributed by atoms with Gasteiger partial charge in [-0.05, 0) is 18.2 Å². The van der Waals surface area contributed by atoms with Crippen molar-refractivity contribution in [3.05, 3.63) is 54.4 Å². The highest BCUT2D eigenvalue weighted by Crippen LogP contribution is 2.18. The zero-order chi connectivity index (χ0) is 13.1. The Morgan fingerprint density at radius 2 is 2.11 bits per heavy atom. The summed E-state index contributed by atoms with van der Waals surface area (Å²) in [5, 5.41) is 7.51. The van der Waals surface area contributed by atoms with E-state index in [0.717, 1.165) is 16.6 Å². The fraction of sp³-hybridized carbons (Fsp3) is 0.0714. The molecule has 0 aliphatic carbocycles. The van der Waals surface area contributed by atoms with Crippen LogP contribution in [0.15, 0.2) is 53.9 Å². The van der Waals surface area contributed by atoms with Crippen molar-refractivity contribution in [2.75, 3.05) is 12.4 Å². The number of nitrogens with zero attached hydrogens (tertiary/aromatic N) is 4. The van der Waals surface area contributed by atoms with Crippen LogP contribution in [0.2, 0.25) is 0 Å². The molecule has 3 aromatic rings. The van der Waals surface area contributed by atoms with Crippen molar-refractivity contribution in [3.63, 3.8) is 0 Å². The maximum Gasteiger partial charge on any atom is 0.224 e. The summed E-state index contributed by atoms with van der Waals surface area (Å²) in [6.07, 6.45) is 5.27. The molecule has 0 radical (unpaired) electrons. The van der Waals surface area contributed by atoms with Gasteiger partial charge >= 0.3 is 0 Å². The third-order valence-corrected chi connectivity index (χ3v) is 2.77. The largest absolute Gasteiger partial charge is 0.357 e. The molecule has 19 heavy (non-hydrogen) atoms. The first-order chi connectivity index (χ1) is 9.38. The first-order valence-electron chi connectivity index (χ1n) is 5.98. The Hall–Kier alpha value is -2.69. The van der Waals surface area contributed by atoms with Gasteiger partial charge in [-0.1, -0.05) is 18.2 Å². The number of anilines is 1. The molecular formula is C14H13N5. The highest BCUT2D eigenvalue weighted by atomic mass is 15.4. The van der Waals surface area contributed by atoms with Gasteiger partial charge in [0.1, 0.15) is 0 Å². The van der Waals surface area contributed by atoms with E-state index in [2.05, 4.69) is 20.4 Å². The molecule has 0 fully saturated rings.